The van der Waals surface area contributed by atoms with Gasteiger partial charge in [0.05, 0.1) is 0 Å². The highest BCUT2D eigenvalue weighted by Gasteiger charge is 2.45. The molecule has 1 unspecified atom stereocenters. The number of hydrogen-bond donors (Lipinski definition) is 2. The number of benzene rings is 1. The van der Waals surface area contributed by atoms with Crippen LogP contribution < -0.4 is 5.73 Å². The molecule has 3 N–H and O–H groups in total. The van der Waals surface area contributed by atoms with Crippen molar-refractivity contribution < 1.29 is 24.3 Å². The molecule has 0 bridgehead atoms. The van der Waals surface area contributed by atoms with Crippen LogP contribution in [0.15, 0.2) is 18.2 Å². The van der Waals surface area contributed by atoms with Crippen LogP contribution in [0.3, 0.4) is 0 Å². The van der Waals surface area contributed by atoms with Gasteiger partial charge in [-0.2, -0.15) is 4.90 Å². The minimum absolute atomic E-state index is 0.0989. The number of piperidine rings is 1. The van der Waals surface area contributed by atoms with E-state index >= 15 is 0 Å². The number of imide groups is 3. The second-order valence-electron chi connectivity index (χ2n) is 5.21. The minimum atomic E-state index is -1.62. The van der Waals surface area contributed by atoms with E-state index in [0.717, 1.165) is 0 Å². The first-order valence-electron chi connectivity index (χ1n) is 6.70. The van der Waals surface area contributed by atoms with Crippen LogP contribution in [0, 0.1) is 0 Å². The highest BCUT2D eigenvalue weighted by Crippen LogP contribution is 2.31. The molecule has 0 aliphatic carbocycles. The van der Waals surface area contributed by atoms with Crippen LogP contribution in [0.2, 0.25) is 0 Å². The Bertz CT molecular complexity index is 714. The maximum atomic E-state index is 12.4. The summed E-state index contributed by atoms with van der Waals surface area (Å²) in [6.45, 7) is 0.138. The molecule has 1 aromatic carbocycles. The van der Waals surface area contributed by atoms with E-state index in [0.29, 0.717) is 16.8 Å². The van der Waals surface area contributed by atoms with Crippen LogP contribution in [0.4, 0.5) is 10.5 Å². The van der Waals surface area contributed by atoms with E-state index in [-0.39, 0.29) is 30.2 Å². The third-order valence-electron chi connectivity index (χ3n) is 3.99. The number of nitrogens with zero attached hydrogens (tertiary/aromatic N) is 2. The number of nitrogens with two attached hydrogens (primary N) is 1. The van der Waals surface area contributed by atoms with Gasteiger partial charge >= 0.3 is 6.09 Å². The summed E-state index contributed by atoms with van der Waals surface area (Å²) in [6, 6.07) is 3.95. The third-order valence-corrected chi connectivity index (χ3v) is 3.99. The van der Waals surface area contributed by atoms with Gasteiger partial charge in [0.2, 0.25) is 5.91 Å². The van der Waals surface area contributed by atoms with Gasteiger partial charge in [0.15, 0.2) is 0 Å². The molecule has 1 aromatic rings. The molecule has 0 aromatic heterocycles. The lowest BCUT2D eigenvalue weighted by molar-refractivity contribution is -0.149. The molecule has 114 valence electrons. The Hall–Kier alpha value is -2.90. The molecule has 0 saturated carbocycles. The van der Waals surface area contributed by atoms with Crippen LogP contribution in [0.25, 0.3) is 0 Å². The predicted octanol–water partition coefficient (Wildman–Crippen LogP) is 0.420. The molecule has 8 nitrogen and oxygen atoms in total. The molecule has 4 amide bonds. The molecule has 1 fully saturated rings. The molecule has 2 aliphatic heterocycles. The number of carbonyl (C=O) groups is 4. The number of nitrogen functional groups attached to an aromatic ring is 1. The van der Waals surface area contributed by atoms with Gasteiger partial charge in [0.1, 0.15) is 6.04 Å². The minimum Gasteiger partial charge on any atom is -0.464 e. The summed E-state index contributed by atoms with van der Waals surface area (Å²) in [4.78, 5) is 48.7. The zero-order chi connectivity index (χ0) is 16.0. The summed E-state index contributed by atoms with van der Waals surface area (Å²) >= 11 is 0. The number of rotatable bonds is 1. The first-order valence-corrected chi connectivity index (χ1v) is 6.70. The summed E-state index contributed by atoms with van der Waals surface area (Å²) in [5.41, 5.74) is 7.32. The maximum Gasteiger partial charge on any atom is 0.421 e. The second kappa shape index (κ2) is 4.83. The van der Waals surface area contributed by atoms with Crippen molar-refractivity contribution in [2.24, 2.45) is 0 Å². The molecular weight excluding hydrogens is 290 g/mol. The fourth-order valence-corrected chi connectivity index (χ4v) is 2.89. The van der Waals surface area contributed by atoms with Gasteiger partial charge in [-0.3, -0.25) is 14.4 Å². The van der Waals surface area contributed by atoms with Crippen molar-refractivity contribution in [3.05, 3.63) is 29.3 Å². The molecule has 1 atom stereocenters. The molecule has 0 spiro atoms. The SMILES string of the molecule is Nc1cccc2c1CN(C1CCC(=O)N(C(=O)O)C1=O)C2=O. The summed E-state index contributed by atoms with van der Waals surface area (Å²) in [7, 11) is 0. The standard InChI is InChI=1S/C14H13N3O5/c15-9-3-1-2-7-8(9)6-16(12(7)19)10-4-5-11(18)17(13(10)20)14(21)22/h1-3,10H,4-6,15H2,(H,21,22). The summed E-state index contributed by atoms with van der Waals surface area (Å²) in [5, 5.41) is 8.98. The van der Waals surface area contributed by atoms with Crippen LogP contribution in [-0.4, -0.2) is 44.8 Å². The molecule has 3 rings (SSSR count). The summed E-state index contributed by atoms with van der Waals surface area (Å²) in [5.74, 6) is -2.03. The highest BCUT2D eigenvalue weighted by atomic mass is 16.4. The number of anilines is 1. The van der Waals surface area contributed by atoms with Gasteiger partial charge in [-0.15, -0.1) is 0 Å². The zero-order valence-corrected chi connectivity index (χ0v) is 11.5. The lowest BCUT2D eigenvalue weighted by atomic mass is 10.0. The van der Waals surface area contributed by atoms with Crippen LogP contribution in [0.5, 0.6) is 0 Å². The van der Waals surface area contributed by atoms with Gasteiger partial charge in [0, 0.05) is 29.8 Å². The highest BCUT2D eigenvalue weighted by molar-refractivity contribution is 6.13. The molecule has 2 aliphatic rings. The number of likely N-dealkylation sites (tertiary alicyclic amines) is 1. The quantitative estimate of drug-likeness (QED) is 0.573. The van der Waals surface area contributed by atoms with E-state index in [2.05, 4.69) is 0 Å². The first kappa shape index (κ1) is 14.1. The van der Waals surface area contributed by atoms with E-state index < -0.39 is 23.9 Å². The summed E-state index contributed by atoms with van der Waals surface area (Å²) < 4.78 is 0. The fourth-order valence-electron chi connectivity index (χ4n) is 2.89. The van der Waals surface area contributed by atoms with Crippen LogP contribution in [-0.2, 0) is 16.1 Å². The average Bonchev–Trinajstić information content (AvgIpc) is 2.78. The smallest absolute Gasteiger partial charge is 0.421 e. The van der Waals surface area contributed by atoms with Crippen molar-refractivity contribution >= 4 is 29.5 Å². The lowest BCUT2D eigenvalue weighted by Crippen LogP contribution is -2.56. The Balaban J connectivity index is 1.92. The number of carbonyl (C=O) groups excluding carboxylic acids is 3. The first-order chi connectivity index (χ1) is 10.4. The Kier molecular flexibility index (Phi) is 3.09. The van der Waals surface area contributed by atoms with Crippen molar-refractivity contribution in [2.45, 2.75) is 25.4 Å². The topological polar surface area (TPSA) is 121 Å². The Morgan fingerprint density at radius 3 is 2.64 bits per heavy atom. The molecule has 1 saturated heterocycles. The van der Waals surface area contributed by atoms with Crippen molar-refractivity contribution in [1.29, 1.82) is 0 Å². The van der Waals surface area contributed by atoms with Gasteiger partial charge in [0.25, 0.3) is 11.8 Å². The van der Waals surface area contributed by atoms with Gasteiger partial charge in [-0.25, -0.2) is 4.79 Å². The monoisotopic (exact) mass is 303 g/mol. The number of hydrogen-bond acceptors (Lipinski definition) is 5. The van der Waals surface area contributed by atoms with Crippen molar-refractivity contribution in [2.75, 3.05) is 5.73 Å². The zero-order valence-electron chi connectivity index (χ0n) is 11.5. The number of amides is 4. The molecular formula is C14H13N3O5. The van der Waals surface area contributed by atoms with E-state index in [4.69, 9.17) is 10.8 Å². The second-order valence-corrected chi connectivity index (χ2v) is 5.21. The fraction of sp³-hybridized carbons (Fsp3) is 0.286. The maximum absolute atomic E-state index is 12.4. The van der Waals surface area contributed by atoms with E-state index in [9.17, 15) is 19.2 Å². The lowest BCUT2D eigenvalue weighted by Gasteiger charge is -2.33. The molecule has 22 heavy (non-hydrogen) atoms. The third kappa shape index (κ3) is 1.92. The summed E-state index contributed by atoms with van der Waals surface area (Å²) in [6.07, 6.45) is -1.61. The van der Waals surface area contributed by atoms with E-state index in [1.165, 1.54) is 4.90 Å². The van der Waals surface area contributed by atoms with Crippen molar-refractivity contribution in [1.82, 2.24) is 9.80 Å². The Morgan fingerprint density at radius 1 is 1.27 bits per heavy atom. The van der Waals surface area contributed by atoms with Crippen LogP contribution in [0.1, 0.15) is 28.8 Å². The van der Waals surface area contributed by atoms with E-state index in [1.807, 2.05) is 0 Å². The Morgan fingerprint density at radius 2 is 2.00 bits per heavy atom. The van der Waals surface area contributed by atoms with E-state index in [1.54, 1.807) is 18.2 Å². The average molecular weight is 303 g/mol. The van der Waals surface area contributed by atoms with Gasteiger partial charge in [-0.1, -0.05) is 6.07 Å². The normalized spacial score (nSPS) is 21.3. The number of fused-ring (bicyclic) bond motifs is 1. The van der Waals surface area contributed by atoms with Crippen molar-refractivity contribution in [3.8, 4) is 0 Å². The van der Waals surface area contributed by atoms with Gasteiger partial charge in [-0.05, 0) is 18.6 Å². The Labute approximate surface area is 125 Å². The molecule has 0 radical (unpaired) electrons. The number of carboxylic acid groups (broad SMARTS) is 1. The van der Waals surface area contributed by atoms with Crippen LogP contribution >= 0.6 is 0 Å². The molecule has 2 heterocycles. The predicted molar refractivity (Wildman–Crippen MR) is 73.6 cm³/mol. The van der Waals surface area contributed by atoms with Crippen molar-refractivity contribution in [3.63, 3.8) is 0 Å². The molecule has 8 heteroatoms. The largest absolute Gasteiger partial charge is 0.464 e. The van der Waals surface area contributed by atoms with Gasteiger partial charge < -0.3 is 15.7 Å².